The molecular formula is C12H12N4O. The summed E-state index contributed by atoms with van der Waals surface area (Å²) in [4.78, 5) is 0. The van der Waals surface area contributed by atoms with Crippen LogP contribution in [0.25, 0.3) is 0 Å². The molecule has 0 radical (unpaired) electrons. The molecule has 0 aliphatic heterocycles. The van der Waals surface area contributed by atoms with Crippen LogP contribution in [-0.4, -0.2) is 26.2 Å². The Morgan fingerprint density at radius 2 is 2.12 bits per heavy atom. The Bertz CT molecular complexity index is 531. The molecule has 86 valence electrons. The van der Waals surface area contributed by atoms with Gasteiger partial charge in [-0.05, 0) is 18.1 Å². The molecule has 1 N–H and O–H groups in total. The summed E-state index contributed by atoms with van der Waals surface area (Å²) in [6.07, 6.45) is 6.88. The van der Waals surface area contributed by atoms with Crippen molar-refractivity contribution in [2.75, 3.05) is 0 Å². The fourth-order valence-electron chi connectivity index (χ4n) is 1.42. The average Bonchev–Trinajstić information content (AvgIpc) is 2.83. The van der Waals surface area contributed by atoms with Crippen molar-refractivity contribution in [2.24, 2.45) is 5.10 Å². The quantitative estimate of drug-likeness (QED) is 0.638. The van der Waals surface area contributed by atoms with Gasteiger partial charge < -0.3 is 5.11 Å². The number of aromatic nitrogens is 3. The molecule has 0 amide bonds. The Balaban J connectivity index is 2.27. The maximum atomic E-state index is 9.97. The van der Waals surface area contributed by atoms with Crippen LogP contribution in [0.5, 0.6) is 5.75 Å². The summed E-state index contributed by atoms with van der Waals surface area (Å²) >= 11 is 0. The molecule has 0 saturated heterocycles. The number of rotatable bonds is 4. The lowest BCUT2D eigenvalue weighted by atomic mass is 10.1. The molecule has 2 aromatic rings. The second kappa shape index (κ2) is 5.07. The molecule has 0 saturated carbocycles. The molecule has 0 fully saturated rings. The van der Waals surface area contributed by atoms with E-state index in [0.717, 1.165) is 5.56 Å². The first-order valence-electron chi connectivity index (χ1n) is 5.12. The first-order chi connectivity index (χ1) is 8.31. The fraction of sp³-hybridized carbons (Fsp3) is 0.0833. The van der Waals surface area contributed by atoms with E-state index in [4.69, 9.17) is 0 Å². The molecule has 0 aliphatic carbocycles. The van der Waals surface area contributed by atoms with Crippen LogP contribution in [0.15, 0.2) is 48.6 Å². The lowest BCUT2D eigenvalue weighted by molar-refractivity contribution is 0.469. The summed E-state index contributed by atoms with van der Waals surface area (Å²) in [6, 6.07) is 5.51. The average molecular weight is 228 g/mol. The number of para-hydroxylation sites is 1. The Kier molecular flexibility index (Phi) is 3.30. The van der Waals surface area contributed by atoms with E-state index in [1.165, 1.54) is 17.3 Å². The first-order valence-corrected chi connectivity index (χ1v) is 5.12. The van der Waals surface area contributed by atoms with Gasteiger partial charge in [-0.2, -0.15) is 5.10 Å². The molecule has 5 nitrogen and oxygen atoms in total. The van der Waals surface area contributed by atoms with Crippen LogP contribution in [-0.2, 0) is 6.42 Å². The van der Waals surface area contributed by atoms with Crippen LogP contribution in [0.4, 0.5) is 0 Å². The van der Waals surface area contributed by atoms with E-state index < -0.39 is 0 Å². The van der Waals surface area contributed by atoms with Crippen LogP contribution in [0.3, 0.4) is 0 Å². The van der Waals surface area contributed by atoms with Gasteiger partial charge in [-0.1, -0.05) is 18.2 Å². The van der Waals surface area contributed by atoms with Gasteiger partial charge in [-0.25, -0.2) is 4.68 Å². The molecule has 0 unspecified atom stereocenters. The lowest BCUT2D eigenvalue weighted by Crippen LogP contribution is -1.91. The highest BCUT2D eigenvalue weighted by Gasteiger charge is 2.03. The van der Waals surface area contributed by atoms with Crippen molar-refractivity contribution < 1.29 is 5.11 Å². The lowest BCUT2D eigenvalue weighted by Gasteiger charge is -2.04. The van der Waals surface area contributed by atoms with Gasteiger partial charge >= 0.3 is 0 Å². The Hall–Kier alpha value is -2.43. The Morgan fingerprint density at radius 3 is 2.82 bits per heavy atom. The van der Waals surface area contributed by atoms with E-state index in [1.54, 1.807) is 18.4 Å². The van der Waals surface area contributed by atoms with E-state index in [0.29, 0.717) is 12.0 Å². The van der Waals surface area contributed by atoms with Crippen molar-refractivity contribution in [1.29, 1.82) is 0 Å². The summed E-state index contributed by atoms with van der Waals surface area (Å²) < 4.78 is 1.46. The Morgan fingerprint density at radius 1 is 1.35 bits per heavy atom. The van der Waals surface area contributed by atoms with E-state index >= 15 is 0 Å². The zero-order valence-corrected chi connectivity index (χ0v) is 9.19. The SMILES string of the molecule is C=CCc1cccc(/C=N/n2cnnc2)c1O. The predicted molar refractivity (Wildman–Crippen MR) is 65.0 cm³/mol. The molecule has 0 atom stereocenters. The van der Waals surface area contributed by atoms with Crippen molar-refractivity contribution >= 4 is 6.21 Å². The minimum absolute atomic E-state index is 0.226. The largest absolute Gasteiger partial charge is 0.507 e. The maximum Gasteiger partial charge on any atom is 0.141 e. The van der Waals surface area contributed by atoms with Gasteiger partial charge in [0.1, 0.15) is 18.4 Å². The standard InChI is InChI=1S/C12H12N4O/c1-2-4-10-5-3-6-11(12(10)17)7-15-16-8-13-14-9-16/h2-3,5-9,17H,1,4H2/b15-7+. The van der Waals surface area contributed by atoms with Crippen LogP contribution in [0.1, 0.15) is 11.1 Å². The molecule has 0 spiro atoms. The second-order valence-corrected chi connectivity index (χ2v) is 3.43. The summed E-state index contributed by atoms with van der Waals surface area (Å²) in [5.74, 6) is 0.226. The van der Waals surface area contributed by atoms with Crippen LogP contribution >= 0.6 is 0 Å². The molecule has 1 aromatic heterocycles. The normalized spacial score (nSPS) is 10.8. The highest BCUT2D eigenvalue weighted by Crippen LogP contribution is 2.21. The summed E-state index contributed by atoms with van der Waals surface area (Å²) in [5.41, 5.74) is 1.48. The van der Waals surface area contributed by atoms with Crippen LogP contribution < -0.4 is 0 Å². The third-order valence-electron chi connectivity index (χ3n) is 2.25. The zero-order valence-electron chi connectivity index (χ0n) is 9.19. The minimum atomic E-state index is 0.226. The van der Waals surface area contributed by atoms with Gasteiger partial charge in [-0.15, -0.1) is 16.8 Å². The van der Waals surface area contributed by atoms with E-state index in [1.807, 2.05) is 12.1 Å². The number of hydrogen-bond donors (Lipinski definition) is 1. The van der Waals surface area contributed by atoms with Gasteiger partial charge in [0.05, 0.1) is 6.21 Å². The molecular weight excluding hydrogens is 216 g/mol. The van der Waals surface area contributed by atoms with Gasteiger partial charge in [0, 0.05) is 5.56 Å². The first kappa shape index (κ1) is 11.1. The van der Waals surface area contributed by atoms with Gasteiger partial charge in [0.25, 0.3) is 0 Å². The number of phenols is 1. The predicted octanol–water partition coefficient (Wildman–Crippen LogP) is 1.59. The van der Waals surface area contributed by atoms with Crippen LogP contribution in [0.2, 0.25) is 0 Å². The van der Waals surface area contributed by atoms with Crippen molar-refractivity contribution in [3.63, 3.8) is 0 Å². The molecule has 1 aromatic carbocycles. The van der Waals surface area contributed by atoms with Gasteiger partial charge in [-0.3, -0.25) is 0 Å². The highest BCUT2D eigenvalue weighted by molar-refractivity contribution is 5.84. The number of benzene rings is 1. The van der Waals surface area contributed by atoms with Gasteiger partial charge in [0.15, 0.2) is 0 Å². The molecule has 1 heterocycles. The van der Waals surface area contributed by atoms with Gasteiger partial charge in [0.2, 0.25) is 0 Å². The second-order valence-electron chi connectivity index (χ2n) is 3.43. The van der Waals surface area contributed by atoms with Crippen molar-refractivity contribution in [3.05, 3.63) is 54.6 Å². The highest BCUT2D eigenvalue weighted by atomic mass is 16.3. The van der Waals surface area contributed by atoms with E-state index in [9.17, 15) is 5.11 Å². The number of phenolic OH excluding ortho intramolecular Hbond substituents is 1. The number of hydrogen-bond acceptors (Lipinski definition) is 4. The minimum Gasteiger partial charge on any atom is -0.507 e. The monoisotopic (exact) mass is 228 g/mol. The Labute approximate surface area is 98.7 Å². The summed E-state index contributed by atoms with van der Waals surface area (Å²) in [7, 11) is 0. The third-order valence-corrected chi connectivity index (χ3v) is 2.25. The molecule has 2 rings (SSSR count). The topological polar surface area (TPSA) is 63.3 Å². The number of nitrogens with zero attached hydrogens (tertiary/aromatic N) is 4. The molecule has 5 heteroatoms. The molecule has 0 aliphatic rings. The summed E-state index contributed by atoms with van der Waals surface area (Å²) in [5, 5.41) is 21.3. The zero-order chi connectivity index (χ0) is 12.1. The van der Waals surface area contributed by atoms with E-state index in [-0.39, 0.29) is 5.75 Å². The molecule has 0 bridgehead atoms. The van der Waals surface area contributed by atoms with Crippen molar-refractivity contribution in [3.8, 4) is 5.75 Å². The number of allylic oxidation sites excluding steroid dienone is 1. The summed E-state index contributed by atoms with van der Waals surface area (Å²) in [6.45, 7) is 3.65. The fourth-order valence-corrected chi connectivity index (χ4v) is 1.42. The smallest absolute Gasteiger partial charge is 0.141 e. The molecule has 17 heavy (non-hydrogen) atoms. The third kappa shape index (κ3) is 2.57. The maximum absolute atomic E-state index is 9.97. The van der Waals surface area contributed by atoms with E-state index in [2.05, 4.69) is 21.9 Å². The number of aromatic hydroxyl groups is 1. The van der Waals surface area contributed by atoms with Crippen LogP contribution in [0, 0.1) is 0 Å². The van der Waals surface area contributed by atoms with Crippen molar-refractivity contribution in [1.82, 2.24) is 14.9 Å². The van der Waals surface area contributed by atoms with Crippen molar-refractivity contribution in [2.45, 2.75) is 6.42 Å².